The van der Waals surface area contributed by atoms with Crippen molar-refractivity contribution in [1.29, 1.82) is 0 Å². The second kappa shape index (κ2) is 8.54. The fourth-order valence-corrected chi connectivity index (χ4v) is 5.81. The van der Waals surface area contributed by atoms with E-state index in [1.807, 2.05) is 0 Å². The molecule has 2 N–H and O–H groups in total. The van der Waals surface area contributed by atoms with Gasteiger partial charge in [-0.3, -0.25) is 4.79 Å². The van der Waals surface area contributed by atoms with Gasteiger partial charge in [0.05, 0.1) is 29.9 Å². The van der Waals surface area contributed by atoms with E-state index >= 15 is 4.39 Å². The van der Waals surface area contributed by atoms with Crippen LogP contribution in [0.15, 0.2) is 41.3 Å². The number of halogens is 3. The van der Waals surface area contributed by atoms with Gasteiger partial charge in [0.15, 0.2) is 5.75 Å². The van der Waals surface area contributed by atoms with Crippen LogP contribution in [0.3, 0.4) is 0 Å². The number of carboxylic acid groups (broad SMARTS) is 1. The Hall–Kier alpha value is -3.63. The summed E-state index contributed by atoms with van der Waals surface area (Å²) in [7, 11) is 1.25. The fourth-order valence-electron chi connectivity index (χ4n) is 4.53. The van der Waals surface area contributed by atoms with E-state index in [0.717, 1.165) is 45.8 Å². The van der Waals surface area contributed by atoms with Crippen molar-refractivity contribution in [2.45, 2.75) is 25.4 Å². The number of thiophene rings is 1. The summed E-state index contributed by atoms with van der Waals surface area (Å²) in [4.78, 5) is 25.9. The molecule has 1 aliphatic rings. The summed E-state index contributed by atoms with van der Waals surface area (Å²) < 4.78 is 50.5. The van der Waals surface area contributed by atoms with Crippen molar-refractivity contribution >= 4 is 28.2 Å². The van der Waals surface area contributed by atoms with Crippen LogP contribution in [-0.2, 0) is 6.42 Å². The van der Waals surface area contributed by atoms with Gasteiger partial charge < -0.3 is 19.5 Å². The first-order chi connectivity index (χ1) is 16.7. The molecule has 5 rings (SSSR count). The summed E-state index contributed by atoms with van der Waals surface area (Å²) in [6, 6.07) is 5.33. The Balaban J connectivity index is 1.91. The number of pyridine rings is 1. The Kier molecular flexibility index (Phi) is 5.65. The van der Waals surface area contributed by atoms with Crippen molar-refractivity contribution < 1.29 is 32.9 Å². The molecule has 0 saturated carbocycles. The number of aryl methyl sites for hydroxylation is 1. The van der Waals surface area contributed by atoms with Gasteiger partial charge in [0.25, 0.3) is 0 Å². The van der Waals surface area contributed by atoms with Crippen LogP contribution >= 0.6 is 11.3 Å². The predicted octanol–water partition coefficient (Wildman–Crippen LogP) is 5.21. The molecule has 0 aliphatic heterocycles. The first kappa shape index (κ1) is 23.1. The van der Waals surface area contributed by atoms with E-state index in [0.29, 0.717) is 23.8 Å². The molecule has 0 bridgehead atoms. The molecule has 1 unspecified atom stereocenters. The van der Waals surface area contributed by atoms with E-state index in [4.69, 9.17) is 4.74 Å². The minimum absolute atomic E-state index is 0.00894. The molecular formula is C25H18F3NO5S. The number of aromatic carboxylic acids is 1. The van der Waals surface area contributed by atoms with Crippen molar-refractivity contribution in [2.24, 2.45) is 0 Å². The number of carboxylic acids is 1. The zero-order valence-corrected chi connectivity index (χ0v) is 19.1. The van der Waals surface area contributed by atoms with E-state index in [2.05, 4.69) is 0 Å². The van der Waals surface area contributed by atoms with Gasteiger partial charge >= 0.3 is 5.97 Å². The number of fused-ring (bicyclic) bond motifs is 2. The van der Waals surface area contributed by atoms with Gasteiger partial charge in [0.1, 0.15) is 28.5 Å². The number of methoxy groups -OCH3 is 1. The van der Waals surface area contributed by atoms with Gasteiger partial charge in [-0.2, -0.15) is 0 Å². The largest absolute Gasteiger partial charge is 0.494 e. The Morgan fingerprint density at radius 1 is 1.17 bits per heavy atom. The highest BCUT2D eigenvalue weighted by Gasteiger charge is 2.28. The van der Waals surface area contributed by atoms with Crippen LogP contribution in [0.4, 0.5) is 13.2 Å². The minimum Gasteiger partial charge on any atom is -0.494 e. The van der Waals surface area contributed by atoms with Crippen LogP contribution in [-0.4, -0.2) is 27.9 Å². The molecule has 0 radical (unpaired) electrons. The number of aliphatic hydroxyl groups is 1. The van der Waals surface area contributed by atoms with Crippen LogP contribution in [0.1, 0.15) is 39.7 Å². The molecule has 35 heavy (non-hydrogen) atoms. The highest BCUT2D eigenvalue weighted by Crippen LogP contribution is 2.46. The number of ether oxygens (including phenoxy) is 1. The molecule has 0 fully saturated rings. The molecule has 0 amide bonds. The summed E-state index contributed by atoms with van der Waals surface area (Å²) in [5, 5.41) is 19.6. The number of aliphatic hydroxyl groups excluding tert-OH is 1. The number of aromatic nitrogens is 1. The second-order valence-corrected chi connectivity index (χ2v) is 9.30. The molecule has 1 atom stereocenters. The topological polar surface area (TPSA) is 88.8 Å². The average Bonchev–Trinajstić information content (AvgIpc) is 3.24. The smallest absolute Gasteiger partial charge is 0.341 e. The molecular weight excluding hydrogens is 483 g/mol. The summed E-state index contributed by atoms with van der Waals surface area (Å²) in [6.45, 7) is 0. The molecule has 4 aromatic rings. The Bertz CT molecular complexity index is 1580. The highest BCUT2D eigenvalue weighted by molar-refractivity contribution is 7.15. The van der Waals surface area contributed by atoms with Gasteiger partial charge in [-0.15, -0.1) is 11.3 Å². The Morgan fingerprint density at radius 3 is 2.60 bits per heavy atom. The molecule has 0 saturated heterocycles. The van der Waals surface area contributed by atoms with Crippen molar-refractivity contribution in [2.75, 3.05) is 7.11 Å². The van der Waals surface area contributed by atoms with Gasteiger partial charge in [-0.25, -0.2) is 18.0 Å². The zero-order chi connectivity index (χ0) is 25.0. The molecule has 180 valence electrons. The number of benzene rings is 2. The predicted molar refractivity (Wildman–Crippen MR) is 124 cm³/mol. The standard InChI is InChI=1S/C25H18F3NO5S/c1-34-23-20(19-7-11-3-2-4-18(30)24(11)35-19)16(28)9-13-21(23)29(10-14(22(13)31)25(32)33)17-6-5-12(26)8-15(17)27/h5-10,18,30H,2-4H2,1H3,(H,32,33). The van der Waals surface area contributed by atoms with Crippen LogP contribution in [0, 0.1) is 17.5 Å². The third-order valence-corrected chi connectivity index (χ3v) is 7.41. The number of hydrogen-bond acceptors (Lipinski definition) is 5. The maximum absolute atomic E-state index is 15.5. The van der Waals surface area contributed by atoms with Gasteiger partial charge in [-0.1, -0.05) is 0 Å². The number of hydrogen-bond donors (Lipinski definition) is 2. The molecule has 2 aromatic heterocycles. The van der Waals surface area contributed by atoms with E-state index in [1.165, 1.54) is 18.4 Å². The van der Waals surface area contributed by atoms with Crippen molar-refractivity contribution in [3.63, 3.8) is 0 Å². The first-order valence-corrected chi connectivity index (χ1v) is 11.5. The summed E-state index contributed by atoms with van der Waals surface area (Å²) in [5.74, 6) is -4.42. The third-order valence-electron chi connectivity index (χ3n) is 6.11. The van der Waals surface area contributed by atoms with Crippen LogP contribution in [0.2, 0.25) is 0 Å². The van der Waals surface area contributed by atoms with Crippen molar-refractivity contribution in [1.82, 2.24) is 4.57 Å². The monoisotopic (exact) mass is 501 g/mol. The average molecular weight is 501 g/mol. The van der Waals surface area contributed by atoms with E-state index in [-0.39, 0.29) is 27.9 Å². The first-order valence-electron chi connectivity index (χ1n) is 10.7. The van der Waals surface area contributed by atoms with Gasteiger partial charge in [0.2, 0.25) is 5.43 Å². The second-order valence-electron chi connectivity index (χ2n) is 8.21. The molecule has 0 spiro atoms. The van der Waals surface area contributed by atoms with E-state index in [1.54, 1.807) is 6.07 Å². The lowest BCUT2D eigenvalue weighted by molar-refractivity contribution is 0.0695. The molecule has 2 heterocycles. The van der Waals surface area contributed by atoms with Crippen LogP contribution in [0.5, 0.6) is 5.75 Å². The summed E-state index contributed by atoms with van der Waals surface area (Å²) in [6.07, 6.45) is 2.33. The highest BCUT2D eigenvalue weighted by atomic mass is 32.1. The zero-order valence-electron chi connectivity index (χ0n) is 18.3. The van der Waals surface area contributed by atoms with Gasteiger partial charge in [-0.05, 0) is 49.1 Å². The Labute approximate surface area is 200 Å². The van der Waals surface area contributed by atoms with Crippen molar-refractivity contribution in [3.8, 4) is 21.9 Å². The lowest BCUT2D eigenvalue weighted by Gasteiger charge is -2.18. The SMILES string of the molecule is COc1c(-c2cc3c(s2)C(O)CCC3)c(F)cc2c(=O)c(C(=O)O)cn(-c3ccc(F)cc3F)c12. The molecule has 2 aromatic carbocycles. The maximum Gasteiger partial charge on any atom is 0.341 e. The molecule has 6 nitrogen and oxygen atoms in total. The van der Waals surface area contributed by atoms with Gasteiger partial charge in [0, 0.05) is 22.0 Å². The van der Waals surface area contributed by atoms with Crippen LogP contribution < -0.4 is 10.2 Å². The number of nitrogens with zero attached hydrogens (tertiary/aromatic N) is 1. The Morgan fingerprint density at radius 2 is 1.94 bits per heavy atom. The quantitative estimate of drug-likeness (QED) is 0.401. The fraction of sp³-hybridized carbons (Fsp3) is 0.200. The molecule has 10 heteroatoms. The van der Waals surface area contributed by atoms with Crippen molar-refractivity contribution in [3.05, 3.63) is 80.2 Å². The third kappa shape index (κ3) is 3.69. The van der Waals surface area contributed by atoms with E-state index in [9.17, 15) is 28.6 Å². The lowest BCUT2D eigenvalue weighted by atomic mass is 9.96. The van der Waals surface area contributed by atoms with Crippen LogP contribution in [0.25, 0.3) is 27.0 Å². The minimum atomic E-state index is -1.59. The normalized spacial score (nSPS) is 15.3. The maximum atomic E-state index is 15.5. The number of rotatable bonds is 4. The van der Waals surface area contributed by atoms with E-state index < -0.39 is 40.5 Å². The number of carbonyl (C=O) groups is 1. The summed E-state index contributed by atoms with van der Waals surface area (Å²) in [5.41, 5.74) is -1.15. The molecule has 1 aliphatic carbocycles. The lowest BCUT2D eigenvalue weighted by Crippen LogP contribution is -2.19. The summed E-state index contributed by atoms with van der Waals surface area (Å²) >= 11 is 1.19.